The number of amidine groups is 1. The van der Waals surface area contributed by atoms with Crippen LogP contribution < -0.4 is 5.32 Å². The Morgan fingerprint density at radius 1 is 1.48 bits per heavy atom. The Hall–Kier alpha value is -2.42. The molecule has 0 aromatic carbocycles. The van der Waals surface area contributed by atoms with Crippen LogP contribution in [0.2, 0.25) is 0 Å². The van der Waals surface area contributed by atoms with Crippen molar-refractivity contribution in [2.24, 2.45) is 15.9 Å². The predicted octanol–water partition coefficient (Wildman–Crippen LogP) is 1.89. The molecule has 3 aliphatic rings. The molecule has 4 rings (SSSR count). The molecule has 21 heavy (non-hydrogen) atoms. The Bertz CT molecular complexity index is 685. The highest BCUT2D eigenvalue weighted by molar-refractivity contribution is 5.96. The lowest BCUT2D eigenvalue weighted by Crippen LogP contribution is -2.40. The van der Waals surface area contributed by atoms with Gasteiger partial charge in [-0.2, -0.15) is 10.4 Å². The van der Waals surface area contributed by atoms with E-state index in [9.17, 15) is 0 Å². The Labute approximate surface area is 122 Å². The first kappa shape index (κ1) is 12.3. The molecule has 1 N–H and O–H groups in total. The summed E-state index contributed by atoms with van der Waals surface area (Å²) in [6, 6.07) is 2.33. The highest BCUT2D eigenvalue weighted by Crippen LogP contribution is 2.42. The van der Waals surface area contributed by atoms with Gasteiger partial charge in [0, 0.05) is 11.8 Å². The third kappa shape index (κ3) is 1.81. The minimum absolute atomic E-state index is 0.0247. The third-order valence-corrected chi connectivity index (χ3v) is 4.74. The fourth-order valence-electron chi connectivity index (χ4n) is 3.32. The number of nitriles is 1. The summed E-state index contributed by atoms with van der Waals surface area (Å²) < 4.78 is 1.99. The molecule has 106 valence electrons. The molecule has 0 radical (unpaired) electrons. The second-order valence-electron chi connectivity index (χ2n) is 5.88. The molecule has 1 aromatic rings. The first-order valence-electron chi connectivity index (χ1n) is 7.27. The van der Waals surface area contributed by atoms with E-state index >= 15 is 0 Å². The second-order valence-corrected chi connectivity index (χ2v) is 5.88. The summed E-state index contributed by atoms with van der Waals surface area (Å²) in [4.78, 5) is 8.77. The van der Waals surface area contributed by atoms with Gasteiger partial charge in [0.25, 0.3) is 0 Å². The van der Waals surface area contributed by atoms with Crippen molar-refractivity contribution in [1.29, 1.82) is 5.26 Å². The number of nitrogens with one attached hydrogen (secondary N) is 1. The quantitative estimate of drug-likeness (QED) is 0.918. The maximum Gasteiger partial charge on any atom is 0.117 e. The molecule has 2 aliphatic heterocycles. The fourth-order valence-corrected chi connectivity index (χ4v) is 3.32. The van der Waals surface area contributed by atoms with Crippen LogP contribution in [0.15, 0.2) is 34.7 Å². The topological polar surface area (TPSA) is 78.4 Å². The van der Waals surface area contributed by atoms with Crippen LogP contribution >= 0.6 is 0 Å². The van der Waals surface area contributed by atoms with Crippen molar-refractivity contribution in [3.63, 3.8) is 0 Å². The van der Waals surface area contributed by atoms with Crippen molar-refractivity contribution in [2.75, 3.05) is 0 Å². The van der Waals surface area contributed by atoms with E-state index in [4.69, 9.17) is 5.26 Å². The van der Waals surface area contributed by atoms with Crippen molar-refractivity contribution < 1.29 is 0 Å². The molecule has 1 aliphatic carbocycles. The lowest BCUT2D eigenvalue weighted by molar-refractivity contribution is 0.130. The minimum atomic E-state index is -0.0912. The van der Waals surface area contributed by atoms with Gasteiger partial charge in [-0.3, -0.25) is 9.67 Å². The molecule has 2 atom stereocenters. The van der Waals surface area contributed by atoms with Crippen molar-refractivity contribution in [3.05, 3.63) is 30.2 Å². The van der Waals surface area contributed by atoms with Crippen molar-refractivity contribution in [2.45, 2.75) is 37.3 Å². The molecule has 1 saturated carbocycles. The number of hydrogen-bond donors (Lipinski definition) is 1. The molecule has 1 fully saturated rings. The molecule has 0 saturated heterocycles. The van der Waals surface area contributed by atoms with E-state index < -0.39 is 0 Å². The van der Waals surface area contributed by atoms with E-state index in [2.05, 4.69) is 38.7 Å². The van der Waals surface area contributed by atoms with Gasteiger partial charge in [0.1, 0.15) is 12.2 Å². The minimum Gasteiger partial charge on any atom is -0.350 e. The molecule has 6 heteroatoms. The highest BCUT2D eigenvalue weighted by atomic mass is 15.3. The van der Waals surface area contributed by atoms with Gasteiger partial charge in [-0.1, -0.05) is 6.08 Å². The Balaban J connectivity index is 1.63. The largest absolute Gasteiger partial charge is 0.350 e. The first-order valence-corrected chi connectivity index (χ1v) is 7.27. The van der Waals surface area contributed by atoms with E-state index in [0.717, 1.165) is 24.2 Å². The number of aliphatic imine (C=N–C) groups is 2. The predicted molar refractivity (Wildman–Crippen MR) is 78.7 cm³/mol. The van der Waals surface area contributed by atoms with Gasteiger partial charge in [0.2, 0.25) is 0 Å². The van der Waals surface area contributed by atoms with E-state index in [1.807, 2.05) is 17.1 Å². The number of nitrogens with zero attached hydrogens (tertiary/aromatic N) is 5. The van der Waals surface area contributed by atoms with Crippen LogP contribution in [0.5, 0.6) is 0 Å². The fraction of sp³-hybridized carbons (Fsp3) is 0.467. The smallest absolute Gasteiger partial charge is 0.117 e. The number of rotatable bonds is 3. The SMILES string of the molecule is N#CCC1(n2cc([C@@H]3N=CN=C4NC=CC43)cn2)CCC1. The van der Waals surface area contributed by atoms with Gasteiger partial charge in [-0.25, -0.2) is 4.99 Å². The number of fused-ring (bicyclic) bond motifs is 1. The number of hydrogen-bond acceptors (Lipinski definition) is 5. The van der Waals surface area contributed by atoms with Gasteiger partial charge in [0.15, 0.2) is 0 Å². The lowest BCUT2D eigenvalue weighted by Gasteiger charge is -2.40. The summed E-state index contributed by atoms with van der Waals surface area (Å²) in [6.07, 6.45) is 13.3. The zero-order valence-electron chi connectivity index (χ0n) is 11.6. The van der Waals surface area contributed by atoms with Gasteiger partial charge in [-0.15, -0.1) is 0 Å². The van der Waals surface area contributed by atoms with E-state index in [-0.39, 0.29) is 17.5 Å². The third-order valence-electron chi connectivity index (χ3n) is 4.74. The van der Waals surface area contributed by atoms with Crippen molar-refractivity contribution in [3.8, 4) is 6.07 Å². The summed E-state index contributed by atoms with van der Waals surface area (Å²) in [7, 11) is 0. The second kappa shape index (κ2) is 4.55. The average Bonchev–Trinajstić information content (AvgIpc) is 3.11. The monoisotopic (exact) mass is 280 g/mol. The van der Waals surface area contributed by atoms with Crippen LogP contribution in [-0.2, 0) is 5.54 Å². The summed E-state index contributed by atoms with van der Waals surface area (Å²) >= 11 is 0. The van der Waals surface area contributed by atoms with Crippen LogP contribution in [-0.4, -0.2) is 22.0 Å². The van der Waals surface area contributed by atoms with Crippen LogP contribution in [0.1, 0.15) is 37.3 Å². The molecule has 0 amide bonds. The molecule has 6 nitrogen and oxygen atoms in total. The molecule has 1 unspecified atom stereocenters. The molecule has 3 heterocycles. The Kier molecular flexibility index (Phi) is 2.67. The zero-order valence-corrected chi connectivity index (χ0v) is 11.6. The zero-order chi connectivity index (χ0) is 14.3. The average molecular weight is 280 g/mol. The maximum atomic E-state index is 9.06. The molecule has 0 bridgehead atoms. The molecular weight excluding hydrogens is 264 g/mol. The maximum absolute atomic E-state index is 9.06. The number of aromatic nitrogens is 2. The summed E-state index contributed by atoms with van der Waals surface area (Å²) in [6.45, 7) is 0. The summed E-state index contributed by atoms with van der Waals surface area (Å²) in [5, 5.41) is 16.7. The first-order chi connectivity index (χ1) is 10.3. The summed E-state index contributed by atoms with van der Waals surface area (Å²) in [5.74, 6) is 1.11. The Morgan fingerprint density at radius 2 is 2.38 bits per heavy atom. The summed E-state index contributed by atoms with van der Waals surface area (Å²) in [5.41, 5.74) is 0.993. The lowest BCUT2D eigenvalue weighted by atomic mass is 9.75. The van der Waals surface area contributed by atoms with Gasteiger partial charge in [0.05, 0.1) is 36.2 Å². The molecular formula is C15H16N6. The van der Waals surface area contributed by atoms with Crippen molar-refractivity contribution in [1.82, 2.24) is 15.1 Å². The highest BCUT2D eigenvalue weighted by Gasteiger charge is 2.40. The van der Waals surface area contributed by atoms with E-state index in [1.54, 1.807) is 6.34 Å². The van der Waals surface area contributed by atoms with E-state index in [1.165, 1.54) is 6.42 Å². The standard InChI is InChI=1S/C15H16N6/c16-6-5-15(3-1-4-15)21-9-11(8-20-21)13-12-2-7-17-14(12)19-10-18-13/h2,7-10,12-13H,1,3-5H2,(H,17,18,19)/t12?,13-/m0/s1. The molecule has 0 spiro atoms. The van der Waals surface area contributed by atoms with E-state index in [0.29, 0.717) is 6.42 Å². The van der Waals surface area contributed by atoms with Gasteiger partial charge < -0.3 is 5.32 Å². The van der Waals surface area contributed by atoms with Gasteiger partial charge in [-0.05, 0) is 25.5 Å². The van der Waals surface area contributed by atoms with Gasteiger partial charge >= 0.3 is 0 Å². The van der Waals surface area contributed by atoms with Crippen LogP contribution in [0.4, 0.5) is 0 Å². The van der Waals surface area contributed by atoms with Crippen LogP contribution in [0.3, 0.4) is 0 Å². The van der Waals surface area contributed by atoms with Crippen molar-refractivity contribution >= 4 is 12.2 Å². The Morgan fingerprint density at radius 3 is 3.14 bits per heavy atom. The molecule has 1 aromatic heterocycles. The van der Waals surface area contributed by atoms with Crippen LogP contribution in [0.25, 0.3) is 0 Å². The normalized spacial score (nSPS) is 28.2. The van der Waals surface area contributed by atoms with Crippen LogP contribution in [0, 0.1) is 17.2 Å².